The first-order valence-corrected chi connectivity index (χ1v) is 6.54. The summed E-state index contributed by atoms with van der Waals surface area (Å²) in [4.78, 5) is 11.4. The quantitative estimate of drug-likeness (QED) is 0.680. The van der Waals surface area contributed by atoms with E-state index >= 15 is 0 Å². The standard InChI is InChI=1S/C13H15F3N2O4/c1-22-11-2-3-17(7-11)12(19)8-4-9(13(14,15)16)6-10(5-8)18(20)21/h4-6,11-12,19H,2-3,7H2,1H3/t11-,12?/m1/s1. The van der Waals surface area contributed by atoms with Crippen LogP contribution < -0.4 is 0 Å². The minimum atomic E-state index is -4.72. The molecule has 1 unspecified atom stereocenters. The highest BCUT2D eigenvalue weighted by molar-refractivity contribution is 5.41. The van der Waals surface area contributed by atoms with Crippen LogP contribution in [0.3, 0.4) is 0 Å². The molecule has 1 aromatic carbocycles. The lowest BCUT2D eigenvalue weighted by Crippen LogP contribution is -2.28. The number of nitro benzene ring substituents is 1. The zero-order valence-corrected chi connectivity index (χ0v) is 11.7. The fourth-order valence-corrected chi connectivity index (χ4v) is 2.43. The third-order valence-electron chi connectivity index (χ3n) is 3.63. The van der Waals surface area contributed by atoms with Crippen LogP contribution in [0.15, 0.2) is 18.2 Å². The second-order valence-corrected chi connectivity index (χ2v) is 5.08. The Balaban J connectivity index is 2.33. The minimum absolute atomic E-state index is 0.115. The summed E-state index contributed by atoms with van der Waals surface area (Å²) in [5, 5.41) is 21.0. The molecular formula is C13H15F3N2O4. The Labute approximate surface area is 124 Å². The summed E-state index contributed by atoms with van der Waals surface area (Å²) in [5.74, 6) is 0. The molecule has 0 aliphatic carbocycles. The van der Waals surface area contributed by atoms with Gasteiger partial charge in [-0.25, -0.2) is 0 Å². The molecular weight excluding hydrogens is 305 g/mol. The molecule has 1 fully saturated rings. The van der Waals surface area contributed by atoms with Gasteiger partial charge in [0.1, 0.15) is 6.23 Å². The van der Waals surface area contributed by atoms with Crippen molar-refractivity contribution in [1.82, 2.24) is 4.90 Å². The molecule has 1 aromatic rings. The van der Waals surface area contributed by atoms with Gasteiger partial charge in [0.15, 0.2) is 0 Å². The average molecular weight is 320 g/mol. The molecule has 1 aliphatic heterocycles. The van der Waals surface area contributed by atoms with Crippen molar-refractivity contribution in [3.8, 4) is 0 Å². The average Bonchev–Trinajstić information content (AvgIpc) is 2.93. The van der Waals surface area contributed by atoms with Gasteiger partial charge in [-0.1, -0.05) is 0 Å². The number of benzene rings is 1. The Hall–Kier alpha value is -1.71. The Kier molecular flexibility index (Phi) is 4.69. The highest BCUT2D eigenvalue weighted by Crippen LogP contribution is 2.35. The van der Waals surface area contributed by atoms with Gasteiger partial charge >= 0.3 is 6.18 Å². The number of methoxy groups -OCH3 is 1. The van der Waals surface area contributed by atoms with Crippen molar-refractivity contribution in [2.24, 2.45) is 0 Å². The smallest absolute Gasteiger partial charge is 0.380 e. The topological polar surface area (TPSA) is 75.8 Å². The zero-order chi connectivity index (χ0) is 16.5. The Morgan fingerprint density at radius 1 is 1.45 bits per heavy atom. The summed E-state index contributed by atoms with van der Waals surface area (Å²) >= 11 is 0. The Morgan fingerprint density at radius 3 is 2.64 bits per heavy atom. The molecule has 6 nitrogen and oxygen atoms in total. The van der Waals surface area contributed by atoms with Gasteiger partial charge < -0.3 is 9.84 Å². The summed E-state index contributed by atoms with van der Waals surface area (Å²) in [6.07, 6.45) is -5.55. The van der Waals surface area contributed by atoms with Crippen LogP contribution in [0.4, 0.5) is 18.9 Å². The summed E-state index contributed by atoms with van der Waals surface area (Å²) < 4.78 is 43.6. The van der Waals surface area contributed by atoms with E-state index in [9.17, 15) is 28.4 Å². The Morgan fingerprint density at radius 2 is 2.14 bits per heavy atom. The van der Waals surface area contributed by atoms with Gasteiger partial charge in [0.2, 0.25) is 0 Å². The molecule has 2 atom stereocenters. The van der Waals surface area contributed by atoms with Gasteiger partial charge in [-0.2, -0.15) is 13.2 Å². The van der Waals surface area contributed by atoms with E-state index in [2.05, 4.69) is 0 Å². The monoisotopic (exact) mass is 320 g/mol. The first-order chi connectivity index (χ1) is 10.2. The molecule has 1 aliphatic rings. The number of hydrogen-bond acceptors (Lipinski definition) is 5. The normalized spacial score (nSPS) is 21.0. The van der Waals surface area contributed by atoms with E-state index in [-0.39, 0.29) is 11.7 Å². The number of likely N-dealkylation sites (tertiary alicyclic amines) is 1. The molecule has 1 N–H and O–H groups in total. The van der Waals surface area contributed by atoms with E-state index in [1.807, 2.05) is 0 Å². The van der Waals surface area contributed by atoms with E-state index in [0.717, 1.165) is 12.1 Å². The van der Waals surface area contributed by atoms with Crippen molar-refractivity contribution in [3.05, 3.63) is 39.4 Å². The molecule has 0 spiro atoms. The first-order valence-electron chi connectivity index (χ1n) is 6.54. The first kappa shape index (κ1) is 16.7. The summed E-state index contributed by atoms with van der Waals surface area (Å²) in [7, 11) is 1.51. The maximum absolute atomic E-state index is 12.8. The molecule has 0 saturated carbocycles. The van der Waals surface area contributed by atoms with Gasteiger partial charge in [0.05, 0.1) is 16.6 Å². The molecule has 0 radical (unpaired) electrons. The molecule has 9 heteroatoms. The van der Waals surface area contributed by atoms with E-state index in [1.165, 1.54) is 12.0 Å². The number of non-ortho nitro benzene ring substituents is 1. The fraction of sp³-hybridized carbons (Fsp3) is 0.538. The van der Waals surface area contributed by atoms with Crippen LogP contribution in [0.5, 0.6) is 0 Å². The molecule has 1 saturated heterocycles. The van der Waals surface area contributed by atoms with Crippen molar-refractivity contribution >= 4 is 5.69 Å². The van der Waals surface area contributed by atoms with Crippen LogP contribution in [0, 0.1) is 10.1 Å². The van der Waals surface area contributed by atoms with Crippen LogP contribution in [0.25, 0.3) is 0 Å². The highest BCUT2D eigenvalue weighted by Gasteiger charge is 2.35. The molecule has 1 heterocycles. The van der Waals surface area contributed by atoms with Gasteiger partial charge in [-0.15, -0.1) is 0 Å². The number of nitro groups is 1. The predicted octanol–water partition coefficient (Wildman–Crippen LogP) is 2.33. The second kappa shape index (κ2) is 6.19. The molecule has 22 heavy (non-hydrogen) atoms. The maximum atomic E-state index is 12.8. The number of aliphatic hydroxyl groups is 1. The van der Waals surface area contributed by atoms with Gasteiger partial charge in [-0.05, 0) is 12.5 Å². The number of nitrogens with zero attached hydrogens (tertiary/aromatic N) is 2. The summed E-state index contributed by atoms with van der Waals surface area (Å²) in [6, 6.07) is 2.15. The van der Waals surface area contributed by atoms with Crippen LogP contribution in [0.2, 0.25) is 0 Å². The number of halogens is 3. The van der Waals surface area contributed by atoms with E-state index in [0.29, 0.717) is 25.6 Å². The van der Waals surface area contributed by atoms with Gasteiger partial charge in [0, 0.05) is 37.9 Å². The van der Waals surface area contributed by atoms with Crippen molar-refractivity contribution in [3.63, 3.8) is 0 Å². The number of ether oxygens (including phenoxy) is 1. The maximum Gasteiger partial charge on any atom is 0.416 e. The molecule has 2 rings (SSSR count). The van der Waals surface area contributed by atoms with Gasteiger partial charge in [-0.3, -0.25) is 15.0 Å². The molecule has 0 amide bonds. The Bertz CT molecular complexity index is 565. The van der Waals surface area contributed by atoms with Crippen molar-refractivity contribution in [1.29, 1.82) is 0 Å². The lowest BCUT2D eigenvalue weighted by atomic mass is 10.1. The second-order valence-electron chi connectivity index (χ2n) is 5.08. The summed E-state index contributed by atoms with van der Waals surface area (Å²) in [5.41, 5.74) is -2.01. The largest absolute Gasteiger partial charge is 0.416 e. The number of alkyl halides is 3. The third-order valence-corrected chi connectivity index (χ3v) is 3.63. The van der Waals surface area contributed by atoms with Crippen LogP contribution in [0.1, 0.15) is 23.8 Å². The van der Waals surface area contributed by atoms with Crippen LogP contribution in [-0.4, -0.2) is 41.2 Å². The molecule has 0 aromatic heterocycles. The highest BCUT2D eigenvalue weighted by atomic mass is 19.4. The molecule has 0 bridgehead atoms. The molecule has 122 valence electrons. The zero-order valence-electron chi connectivity index (χ0n) is 11.7. The van der Waals surface area contributed by atoms with Crippen LogP contribution >= 0.6 is 0 Å². The number of hydrogen-bond donors (Lipinski definition) is 1. The minimum Gasteiger partial charge on any atom is -0.380 e. The van der Waals surface area contributed by atoms with E-state index < -0.39 is 28.6 Å². The summed E-state index contributed by atoms with van der Waals surface area (Å²) in [6.45, 7) is 0.783. The van der Waals surface area contributed by atoms with Crippen molar-refractivity contribution < 1.29 is 27.9 Å². The lowest BCUT2D eigenvalue weighted by molar-refractivity contribution is -0.385. The van der Waals surface area contributed by atoms with Crippen molar-refractivity contribution in [2.75, 3.05) is 20.2 Å². The van der Waals surface area contributed by atoms with Crippen molar-refractivity contribution in [2.45, 2.75) is 24.9 Å². The number of rotatable bonds is 4. The third kappa shape index (κ3) is 3.54. The lowest BCUT2D eigenvalue weighted by Gasteiger charge is -2.23. The van der Waals surface area contributed by atoms with E-state index in [4.69, 9.17) is 4.74 Å². The van der Waals surface area contributed by atoms with E-state index in [1.54, 1.807) is 0 Å². The number of aliphatic hydroxyl groups excluding tert-OH is 1. The van der Waals surface area contributed by atoms with Gasteiger partial charge in [0.25, 0.3) is 5.69 Å². The SMILES string of the molecule is CO[C@@H]1CCN(C(O)c2cc([N+](=O)[O-])cc(C(F)(F)F)c2)C1. The van der Waals surface area contributed by atoms with Crippen LogP contribution in [-0.2, 0) is 10.9 Å². The predicted molar refractivity (Wildman–Crippen MR) is 70.0 cm³/mol. The fourth-order valence-electron chi connectivity index (χ4n) is 2.43.